The van der Waals surface area contributed by atoms with Crippen molar-refractivity contribution in [3.63, 3.8) is 0 Å². The first kappa shape index (κ1) is 10.1. The van der Waals surface area contributed by atoms with Crippen molar-refractivity contribution in [1.29, 1.82) is 0 Å². The van der Waals surface area contributed by atoms with Crippen LogP contribution in [0.1, 0.15) is 21.9 Å². The maximum Gasteiger partial charge on any atom is 0.185 e. The minimum absolute atomic E-state index is 0.355. The molecule has 3 nitrogen and oxygen atoms in total. The summed E-state index contributed by atoms with van der Waals surface area (Å²) in [6.45, 7) is 2.00. The highest BCUT2D eigenvalue weighted by Crippen LogP contribution is 2.25. The minimum Gasteiger partial charge on any atom is -0.468 e. The molecule has 0 aromatic carbocycles. The van der Waals surface area contributed by atoms with Gasteiger partial charge in [0.1, 0.15) is 5.76 Å². The van der Waals surface area contributed by atoms with Crippen LogP contribution in [-0.2, 0) is 5.75 Å². The molecule has 0 amide bonds. The van der Waals surface area contributed by atoms with Crippen LogP contribution in [0.25, 0.3) is 0 Å². The fourth-order valence-corrected chi connectivity index (χ4v) is 2.05. The van der Waals surface area contributed by atoms with E-state index in [4.69, 9.17) is 8.83 Å². The summed E-state index contributed by atoms with van der Waals surface area (Å²) in [5.74, 6) is 2.00. The second kappa shape index (κ2) is 4.40. The number of thioether (sulfide) groups is 1. The van der Waals surface area contributed by atoms with E-state index in [0.29, 0.717) is 17.8 Å². The summed E-state index contributed by atoms with van der Waals surface area (Å²) in [6.07, 6.45) is 2.37. The standard InChI is InChI=1S/C11H10O3S/c1-8-4-5-13-10(8)7-15-11-3-2-9(6-12)14-11/h2-6H,7H2,1H3. The highest BCUT2D eigenvalue weighted by molar-refractivity contribution is 7.98. The van der Waals surface area contributed by atoms with Crippen molar-refractivity contribution in [2.24, 2.45) is 0 Å². The number of rotatable bonds is 4. The number of carbonyl (C=O) groups is 1. The van der Waals surface area contributed by atoms with Gasteiger partial charge < -0.3 is 8.83 Å². The first-order valence-corrected chi connectivity index (χ1v) is 5.49. The molecular weight excluding hydrogens is 212 g/mol. The van der Waals surface area contributed by atoms with Crippen molar-refractivity contribution >= 4 is 18.0 Å². The second-order valence-corrected chi connectivity index (χ2v) is 4.07. The number of carbonyl (C=O) groups excluding carboxylic acids is 1. The Labute approximate surface area is 91.5 Å². The SMILES string of the molecule is Cc1ccoc1CSc1ccc(C=O)o1. The fourth-order valence-electron chi connectivity index (χ4n) is 1.16. The summed E-state index contributed by atoms with van der Waals surface area (Å²) in [5.41, 5.74) is 1.13. The highest BCUT2D eigenvalue weighted by atomic mass is 32.2. The summed E-state index contributed by atoms with van der Waals surface area (Å²) in [7, 11) is 0. The molecule has 0 aliphatic rings. The monoisotopic (exact) mass is 222 g/mol. The molecule has 0 atom stereocenters. The van der Waals surface area contributed by atoms with E-state index < -0.39 is 0 Å². The molecular formula is C11H10O3S. The van der Waals surface area contributed by atoms with Crippen LogP contribution in [0, 0.1) is 6.92 Å². The van der Waals surface area contributed by atoms with E-state index in [1.54, 1.807) is 18.4 Å². The number of hydrogen-bond donors (Lipinski definition) is 0. The third-order valence-corrected chi connectivity index (χ3v) is 2.94. The Morgan fingerprint density at radius 2 is 2.27 bits per heavy atom. The van der Waals surface area contributed by atoms with Crippen LogP contribution in [0.4, 0.5) is 0 Å². The Hall–Kier alpha value is -1.42. The van der Waals surface area contributed by atoms with Crippen molar-refractivity contribution in [3.8, 4) is 0 Å². The average molecular weight is 222 g/mol. The molecule has 0 N–H and O–H groups in total. The van der Waals surface area contributed by atoms with E-state index in [1.165, 1.54) is 11.8 Å². The van der Waals surface area contributed by atoms with E-state index in [1.807, 2.05) is 13.0 Å². The van der Waals surface area contributed by atoms with Crippen LogP contribution in [0.3, 0.4) is 0 Å². The molecule has 4 heteroatoms. The molecule has 2 heterocycles. The lowest BCUT2D eigenvalue weighted by atomic mass is 10.3. The van der Waals surface area contributed by atoms with E-state index in [9.17, 15) is 4.79 Å². The smallest absolute Gasteiger partial charge is 0.185 e. The lowest BCUT2D eigenvalue weighted by Gasteiger charge is -1.95. The van der Waals surface area contributed by atoms with Crippen molar-refractivity contribution in [1.82, 2.24) is 0 Å². The van der Waals surface area contributed by atoms with Gasteiger partial charge in [-0.2, -0.15) is 0 Å². The lowest BCUT2D eigenvalue weighted by molar-refractivity contribution is 0.109. The molecule has 0 unspecified atom stereocenters. The second-order valence-electron chi connectivity index (χ2n) is 3.09. The van der Waals surface area contributed by atoms with Crippen molar-refractivity contribution in [3.05, 3.63) is 41.5 Å². The van der Waals surface area contributed by atoms with E-state index in [2.05, 4.69) is 0 Å². The zero-order valence-electron chi connectivity index (χ0n) is 8.23. The first-order chi connectivity index (χ1) is 7.29. The highest BCUT2D eigenvalue weighted by Gasteiger charge is 2.05. The minimum atomic E-state index is 0.355. The third-order valence-electron chi connectivity index (χ3n) is 2.03. The molecule has 0 aliphatic carbocycles. The normalized spacial score (nSPS) is 10.5. The van der Waals surface area contributed by atoms with Crippen LogP contribution >= 0.6 is 11.8 Å². The van der Waals surface area contributed by atoms with Crippen molar-refractivity contribution < 1.29 is 13.6 Å². The zero-order valence-corrected chi connectivity index (χ0v) is 9.04. The van der Waals surface area contributed by atoms with Crippen molar-refractivity contribution in [2.45, 2.75) is 17.8 Å². The molecule has 2 rings (SSSR count). The van der Waals surface area contributed by atoms with Gasteiger partial charge in [-0.3, -0.25) is 4.79 Å². The Kier molecular flexibility index (Phi) is 2.97. The van der Waals surface area contributed by atoms with Crippen LogP contribution < -0.4 is 0 Å². The Morgan fingerprint density at radius 1 is 1.40 bits per heavy atom. The molecule has 0 fully saturated rings. The predicted molar refractivity (Wildman–Crippen MR) is 57.1 cm³/mol. The van der Waals surface area contributed by atoms with Gasteiger partial charge in [0.15, 0.2) is 17.1 Å². The van der Waals surface area contributed by atoms with Gasteiger partial charge in [0, 0.05) is 0 Å². The number of aldehydes is 1. The van der Waals surface area contributed by atoms with Gasteiger partial charge in [0.25, 0.3) is 0 Å². The fraction of sp³-hybridized carbons (Fsp3) is 0.182. The largest absolute Gasteiger partial charge is 0.468 e. The summed E-state index contributed by atoms with van der Waals surface area (Å²) in [5, 5.41) is 0.730. The van der Waals surface area contributed by atoms with Crippen LogP contribution in [0.2, 0.25) is 0 Å². The third kappa shape index (κ3) is 2.33. The molecule has 0 spiro atoms. The molecule has 78 valence electrons. The molecule has 2 aromatic heterocycles. The number of hydrogen-bond acceptors (Lipinski definition) is 4. The topological polar surface area (TPSA) is 43.4 Å². The Balaban J connectivity index is 1.99. The molecule has 0 saturated heterocycles. The summed E-state index contributed by atoms with van der Waals surface area (Å²) in [6, 6.07) is 5.37. The predicted octanol–water partition coefficient (Wildman–Crippen LogP) is 3.29. The van der Waals surface area contributed by atoms with Gasteiger partial charge in [-0.05, 0) is 30.7 Å². The Bertz CT molecular complexity index is 456. The molecule has 2 aromatic rings. The van der Waals surface area contributed by atoms with Crippen molar-refractivity contribution in [2.75, 3.05) is 0 Å². The summed E-state index contributed by atoms with van der Waals surface area (Å²) >= 11 is 1.51. The van der Waals surface area contributed by atoms with Gasteiger partial charge in [0.05, 0.1) is 12.0 Å². The number of furan rings is 2. The van der Waals surface area contributed by atoms with Gasteiger partial charge in [-0.1, -0.05) is 11.8 Å². The van der Waals surface area contributed by atoms with Gasteiger partial charge in [-0.15, -0.1) is 0 Å². The number of aryl methyl sites for hydroxylation is 1. The van der Waals surface area contributed by atoms with Gasteiger partial charge in [-0.25, -0.2) is 0 Å². The quantitative estimate of drug-likeness (QED) is 0.588. The molecule has 0 saturated carbocycles. The molecule has 15 heavy (non-hydrogen) atoms. The van der Waals surface area contributed by atoms with Crippen LogP contribution in [-0.4, -0.2) is 6.29 Å². The van der Waals surface area contributed by atoms with Gasteiger partial charge >= 0.3 is 0 Å². The van der Waals surface area contributed by atoms with E-state index in [0.717, 1.165) is 16.4 Å². The lowest BCUT2D eigenvalue weighted by Crippen LogP contribution is -1.78. The molecule has 0 radical (unpaired) electrons. The van der Waals surface area contributed by atoms with Crippen LogP contribution in [0.5, 0.6) is 0 Å². The summed E-state index contributed by atoms with van der Waals surface area (Å²) in [4.78, 5) is 10.4. The maximum atomic E-state index is 10.4. The Morgan fingerprint density at radius 3 is 2.87 bits per heavy atom. The molecule has 0 bridgehead atoms. The first-order valence-electron chi connectivity index (χ1n) is 4.50. The maximum absolute atomic E-state index is 10.4. The summed E-state index contributed by atoms with van der Waals surface area (Å²) < 4.78 is 10.5. The molecule has 0 aliphatic heterocycles. The van der Waals surface area contributed by atoms with Crippen LogP contribution in [0.15, 0.2) is 38.4 Å². The zero-order chi connectivity index (χ0) is 10.7. The van der Waals surface area contributed by atoms with E-state index in [-0.39, 0.29) is 0 Å². The average Bonchev–Trinajstić information content (AvgIpc) is 2.84. The van der Waals surface area contributed by atoms with Gasteiger partial charge in [0.2, 0.25) is 0 Å². The van der Waals surface area contributed by atoms with E-state index >= 15 is 0 Å².